The van der Waals surface area contributed by atoms with Crippen molar-refractivity contribution in [3.8, 4) is 22.4 Å². The van der Waals surface area contributed by atoms with Gasteiger partial charge in [0.2, 0.25) is 0 Å². The van der Waals surface area contributed by atoms with Gasteiger partial charge in [-0.05, 0) is 61.2 Å². The van der Waals surface area contributed by atoms with Gasteiger partial charge in [0.05, 0.1) is 10.5 Å². The molecule has 1 N–H and O–H groups in total. The second-order valence-electron chi connectivity index (χ2n) is 8.11. The van der Waals surface area contributed by atoms with E-state index in [0.29, 0.717) is 26.8 Å². The zero-order valence-corrected chi connectivity index (χ0v) is 20.7. The van der Waals surface area contributed by atoms with Crippen LogP contribution in [0.1, 0.15) is 33.4 Å². The number of allylic oxidation sites excluding steroid dienone is 1. The average Bonchev–Trinajstić information content (AvgIpc) is 3.53. The molecule has 1 atom stereocenters. The van der Waals surface area contributed by atoms with Crippen LogP contribution in [0.15, 0.2) is 77.7 Å². The predicted octanol–water partition coefficient (Wildman–Crippen LogP) is 7.20. The molecular weight excluding hydrogens is 474 g/mol. The molecule has 172 valence electrons. The molecule has 3 heterocycles. The highest BCUT2D eigenvalue weighted by molar-refractivity contribution is 7.18. The first kappa shape index (κ1) is 22.8. The summed E-state index contributed by atoms with van der Waals surface area (Å²) in [6, 6.07) is 21.4. The lowest BCUT2D eigenvalue weighted by Crippen LogP contribution is -2.17. The number of benzene rings is 2. The molecule has 1 aliphatic heterocycles. The normalized spacial score (nSPS) is 14.9. The zero-order valence-electron chi connectivity index (χ0n) is 19.1. The minimum absolute atomic E-state index is 0.203. The molecule has 7 heteroatoms. The summed E-state index contributed by atoms with van der Waals surface area (Å²) in [5.74, 6) is 0.611. The Labute approximate surface area is 211 Å². The van der Waals surface area contributed by atoms with Gasteiger partial charge in [-0.3, -0.25) is 4.79 Å². The third-order valence-corrected chi connectivity index (χ3v) is 7.48. The van der Waals surface area contributed by atoms with Crippen molar-refractivity contribution in [3.63, 3.8) is 0 Å². The maximum absolute atomic E-state index is 12.9. The Hall–Kier alpha value is -3.99. The van der Waals surface area contributed by atoms with Gasteiger partial charge >= 0.3 is 0 Å². The quantitative estimate of drug-likeness (QED) is 0.297. The van der Waals surface area contributed by atoms with Crippen LogP contribution >= 0.6 is 22.7 Å². The summed E-state index contributed by atoms with van der Waals surface area (Å²) in [5.41, 5.74) is 4.59. The highest BCUT2D eigenvalue weighted by Crippen LogP contribution is 2.39. The van der Waals surface area contributed by atoms with Crippen molar-refractivity contribution in [1.82, 2.24) is 4.98 Å². The molecule has 5 nitrogen and oxygen atoms in total. The SMILES string of the molecule is Cc1ccc(C(=O)Nc2sc(C(C#N)=CC3=Cc4ccccc4OC3C)nc2-c2cccs2)cc1. The minimum Gasteiger partial charge on any atom is -0.485 e. The van der Waals surface area contributed by atoms with Crippen molar-refractivity contribution in [3.05, 3.63) is 99.4 Å². The fourth-order valence-electron chi connectivity index (χ4n) is 3.71. The van der Waals surface area contributed by atoms with Crippen LogP contribution in [0.2, 0.25) is 0 Å². The summed E-state index contributed by atoms with van der Waals surface area (Å²) in [7, 11) is 0. The van der Waals surface area contributed by atoms with Crippen LogP contribution in [-0.4, -0.2) is 17.0 Å². The lowest BCUT2D eigenvalue weighted by Gasteiger charge is -2.22. The number of nitrogens with zero attached hydrogens (tertiary/aromatic N) is 2. The minimum atomic E-state index is -0.214. The highest BCUT2D eigenvalue weighted by atomic mass is 32.1. The second-order valence-corrected chi connectivity index (χ2v) is 10.1. The number of fused-ring (bicyclic) bond motifs is 1. The van der Waals surface area contributed by atoms with Crippen LogP contribution in [0.3, 0.4) is 0 Å². The Balaban J connectivity index is 1.52. The lowest BCUT2D eigenvalue weighted by atomic mass is 10.0. The van der Waals surface area contributed by atoms with Gasteiger partial charge in [-0.1, -0.05) is 53.3 Å². The van der Waals surface area contributed by atoms with Crippen molar-refractivity contribution in [2.75, 3.05) is 5.32 Å². The molecule has 5 rings (SSSR count). The maximum Gasteiger partial charge on any atom is 0.256 e. The Morgan fingerprint density at radius 1 is 1.14 bits per heavy atom. The molecule has 35 heavy (non-hydrogen) atoms. The number of carbonyl (C=O) groups excluding carboxylic acids is 1. The number of amides is 1. The number of ether oxygens (including phenoxy) is 1. The first-order valence-electron chi connectivity index (χ1n) is 11.0. The molecule has 1 unspecified atom stereocenters. The van der Waals surface area contributed by atoms with Crippen molar-refractivity contribution in [2.24, 2.45) is 0 Å². The standard InChI is InChI=1S/C28H21N3O2S2/c1-17-9-11-19(12-10-17)26(32)31-28-25(24-8-5-13-34-24)30-27(35-28)22(16-29)15-21-14-20-6-3-4-7-23(20)33-18(21)2/h3-15,18H,1-2H3,(H,31,32). The van der Waals surface area contributed by atoms with Crippen LogP contribution in [0, 0.1) is 18.3 Å². The molecule has 0 spiro atoms. The Bertz CT molecular complexity index is 1490. The molecule has 2 aromatic carbocycles. The van der Waals surface area contributed by atoms with Crippen molar-refractivity contribution in [2.45, 2.75) is 20.0 Å². The van der Waals surface area contributed by atoms with Crippen LogP contribution < -0.4 is 10.1 Å². The monoisotopic (exact) mass is 495 g/mol. The maximum atomic E-state index is 12.9. The van der Waals surface area contributed by atoms with Gasteiger partial charge in [-0.2, -0.15) is 5.26 Å². The number of rotatable bonds is 5. The van der Waals surface area contributed by atoms with E-state index in [-0.39, 0.29) is 12.0 Å². The molecule has 0 radical (unpaired) electrons. The number of aryl methyl sites for hydroxylation is 1. The van der Waals surface area contributed by atoms with Gasteiger partial charge < -0.3 is 10.1 Å². The highest BCUT2D eigenvalue weighted by Gasteiger charge is 2.22. The molecule has 4 aromatic rings. The number of hydrogen-bond donors (Lipinski definition) is 1. The molecular formula is C28H21N3O2S2. The van der Waals surface area contributed by atoms with Gasteiger partial charge in [0.15, 0.2) is 0 Å². The number of aromatic nitrogens is 1. The smallest absolute Gasteiger partial charge is 0.256 e. The van der Waals surface area contributed by atoms with E-state index < -0.39 is 0 Å². The molecule has 1 amide bonds. The fraction of sp³-hybridized carbons (Fsp3) is 0.107. The van der Waals surface area contributed by atoms with Gasteiger partial charge in [-0.25, -0.2) is 4.98 Å². The number of thiazole rings is 1. The zero-order chi connectivity index (χ0) is 24.4. The van der Waals surface area contributed by atoms with Gasteiger partial charge in [0.25, 0.3) is 5.91 Å². The number of para-hydroxylation sites is 1. The molecule has 0 aliphatic carbocycles. The first-order valence-corrected chi connectivity index (χ1v) is 12.7. The van der Waals surface area contributed by atoms with E-state index in [4.69, 9.17) is 9.72 Å². The number of thiophene rings is 1. The average molecular weight is 496 g/mol. The summed E-state index contributed by atoms with van der Waals surface area (Å²) in [5, 5.41) is 16.1. The predicted molar refractivity (Wildman–Crippen MR) is 143 cm³/mol. The molecule has 0 bridgehead atoms. The lowest BCUT2D eigenvalue weighted by molar-refractivity contribution is 0.102. The summed E-state index contributed by atoms with van der Waals surface area (Å²) < 4.78 is 6.03. The van der Waals surface area contributed by atoms with Gasteiger partial charge in [0, 0.05) is 11.1 Å². The second kappa shape index (κ2) is 9.71. The van der Waals surface area contributed by atoms with Crippen molar-refractivity contribution in [1.29, 1.82) is 5.26 Å². The molecule has 1 aliphatic rings. The van der Waals surface area contributed by atoms with E-state index >= 15 is 0 Å². The summed E-state index contributed by atoms with van der Waals surface area (Å²) in [4.78, 5) is 18.6. The molecule has 0 saturated heterocycles. The summed E-state index contributed by atoms with van der Waals surface area (Å²) >= 11 is 2.83. The Morgan fingerprint density at radius 2 is 1.94 bits per heavy atom. The van der Waals surface area contributed by atoms with Crippen molar-refractivity contribution >= 4 is 45.2 Å². The van der Waals surface area contributed by atoms with Crippen LogP contribution in [0.25, 0.3) is 22.2 Å². The van der Waals surface area contributed by atoms with Crippen LogP contribution in [-0.2, 0) is 0 Å². The van der Waals surface area contributed by atoms with E-state index in [2.05, 4.69) is 11.4 Å². The van der Waals surface area contributed by atoms with E-state index in [1.165, 1.54) is 22.7 Å². The third kappa shape index (κ3) is 4.80. The fourth-order valence-corrected chi connectivity index (χ4v) is 5.44. The van der Waals surface area contributed by atoms with E-state index in [1.54, 1.807) is 12.1 Å². The van der Waals surface area contributed by atoms with E-state index in [9.17, 15) is 10.1 Å². The topological polar surface area (TPSA) is 75.0 Å². The summed E-state index contributed by atoms with van der Waals surface area (Å²) in [6.07, 6.45) is 3.66. The largest absolute Gasteiger partial charge is 0.485 e. The van der Waals surface area contributed by atoms with E-state index in [1.807, 2.05) is 79.9 Å². The summed E-state index contributed by atoms with van der Waals surface area (Å²) in [6.45, 7) is 3.94. The van der Waals surface area contributed by atoms with Crippen LogP contribution in [0.5, 0.6) is 5.75 Å². The number of anilines is 1. The van der Waals surface area contributed by atoms with Crippen molar-refractivity contribution < 1.29 is 9.53 Å². The van der Waals surface area contributed by atoms with Gasteiger partial charge in [0.1, 0.15) is 33.6 Å². The third-order valence-electron chi connectivity index (χ3n) is 5.60. The van der Waals surface area contributed by atoms with Crippen LogP contribution in [0.4, 0.5) is 5.00 Å². The number of nitrogens with one attached hydrogen (secondary N) is 1. The Kier molecular flexibility index (Phi) is 6.32. The molecule has 0 saturated carbocycles. The number of hydrogen-bond acceptors (Lipinski definition) is 6. The van der Waals surface area contributed by atoms with E-state index in [0.717, 1.165) is 27.3 Å². The first-order chi connectivity index (χ1) is 17.0. The Morgan fingerprint density at radius 3 is 2.69 bits per heavy atom. The van der Waals surface area contributed by atoms with Gasteiger partial charge in [-0.15, -0.1) is 11.3 Å². The number of carbonyl (C=O) groups is 1. The number of nitriles is 1. The molecule has 2 aromatic heterocycles. The molecule has 0 fully saturated rings.